The second-order valence-corrected chi connectivity index (χ2v) is 7.60. The van der Waals surface area contributed by atoms with Crippen LogP contribution in [0.3, 0.4) is 0 Å². The topological polar surface area (TPSA) is 33.1 Å². The fourth-order valence-electron chi connectivity index (χ4n) is 3.64. The number of hydrogen-bond donors (Lipinski definition) is 1. The number of hydrogen-bond acceptors (Lipinski definition) is 4. The quantitative estimate of drug-likeness (QED) is 0.904. The fourth-order valence-corrected chi connectivity index (χ4v) is 4.96. The Labute approximate surface area is 132 Å². The maximum atomic E-state index is 4.85. The molecular weight excluding hydrogens is 280 g/mol. The number of thioether (sulfide) groups is 1. The van der Waals surface area contributed by atoms with Gasteiger partial charge in [0.25, 0.3) is 0 Å². The molecule has 0 radical (unpaired) electrons. The second-order valence-electron chi connectivity index (χ2n) is 6.45. The first-order valence-corrected chi connectivity index (χ1v) is 9.42. The van der Waals surface area contributed by atoms with Crippen LogP contribution >= 0.6 is 11.8 Å². The lowest BCUT2D eigenvalue weighted by Crippen LogP contribution is -2.52. The lowest BCUT2D eigenvalue weighted by Gasteiger charge is -2.37. The first-order chi connectivity index (χ1) is 10.3. The van der Waals surface area contributed by atoms with Gasteiger partial charge in [-0.25, -0.2) is 0 Å². The molecule has 1 saturated carbocycles. The van der Waals surface area contributed by atoms with Gasteiger partial charge in [-0.15, -0.1) is 0 Å². The summed E-state index contributed by atoms with van der Waals surface area (Å²) in [7, 11) is 4.34. The zero-order valence-corrected chi connectivity index (χ0v) is 14.1. The van der Waals surface area contributed by atoms with Gasteiger partial charge in [0.05, 0.1) is 11.7 Å². The number of likely N-dealkylation sites (N-methyl/N-ethyl adjacent to an activating group) is 2. The summed E-state index contributed by atoms with van der Waals surface area (Å²) in [6.07, 6.45) is 8.56. The SMILES string of the molecule is CNC(Cc1ccn(C2CCCC2)n1)C1CSCCN1C. The smallest absolute Gasteiger partial charge is 0.0640 e. The van der Waals surface area contributed by atoms with E-state index < -0.39 is 0 Å². The van der Waals surface area contributed by atoms with E-state index in [2.05, 4.69) is 53.0 Å². The van der Waals surface area contributed by atoms with Crippen LogP contribution in [0.5, 0.6) is 0 Å². The number of rotatable bonds is 5. The molecule has 2 atom stereocenters. The molecule has 4 nitrogen and oxygen atoms in total. The highest BCUT2D eigenvalue weighted by molar-refractivity contribution is 7.99. The van der Waals surface area contributed by atoms with Crippen molar-refractivity contribution in [2.24, 2.45) is 0 Å². The van der Waals surface area contributed by atoms with Gasteiger partial charge in [0, 0.05) is 42.8 Å². The van der Waals surface area contributed by atoms with E-state index in [4.69, 9.17) is 5.10 Å². The Morgan fingerprint density at radius 1 is 1.43 bits per heavy atom. The minimum Gasteiger partial charge on any atom is -0.315 e. The van der Waals surface area contributed by atoms with Crippen molar-refractivity contribution < 1.29 is 0 Å². The van der Waals surface area contributed by atoms with Crippen LogP contribution < -0.4 is 5.32 Å². The molecule has 2 fully saturated rings. The van der Waals surface area contributed by atoms with Crippen LogP contribution in [-0.4, -0.2) is 58.9 Å². The zero-order valence-electron chi connectivity index (χ0n) is 13.3. The van der Waals surface area contributed by atoms with Crippen LogP contribution in [0.2, 0.25) is 0 Å². The fraction of sp³-hybridized carbons (Fsp3) is 0.812. The molecule has 1 N–H and O–H groups in total. The van der Waals surface area contributed by atoms with Crippen molar-refractivity contribution in [3.05, 3.63) is 18.0 Å². The van der Waals surface area contributed by atoms with E-state index >= 15 is 0 Å². The van der Waals surface area contributed by atoms with E-state index in [1.165, 1.54) is 49.4 Å². The van der Waals surface area contributed by atoms with Gasteiger partial charge in [-0.05, 0) is 33.0 Å². The first-order valence-electron chi connectivity index (χ1n) is 8.27. The van der Waals surface area contributed by atoms with Crippen LogP contribution in [0, 0.1) is 0 Å². The molecule has 2 aliphatic rings. The van der Waals surface area contributed by atoms with E-state index in [9.17, 15) is 0 Å². The summed E-state index contributed by atoms with van der Waals surface area (Å²) in [6.45, 7) is 1.20. The third-order valence-corrected chi connectivity index (χ3v) is 6.12. The highest BCUT2D eigenvalue weighted by Gasteiger charge is 2.28. The maximum absolute atomic E-state index is 4.85. The van der Waals surface area contributed by atoms with Crippen LogP contribution in [0.25, 0.3) is 0 Å². The highest BCUT2D eigenvalue weighted by atomic mass is 32.2. The third-order valence-electron chi connectivity index (χ3n) is 5.07. The number of aromatic nitrogens is 2. The Morgan fingerprint density at radius 3 is 2.95 bits per heavy atom. The van der Waals surface area contributed by atoms with E-state index in [1.54, 1.807) is 0 Å². The average Bonchev–Trinajstić information content (AvgIpc) is 3.16. The number of nitrogens with zero attached hydrogens (tertiary/aromatic N) is 3. The van der Waals surface area contributed by atoms with Gasteiger partial charge in [0.2, 0.25) is 0 Å². The molecule has 0 aromatic carbocycles. The van der Waals surface area contributed by atoms with Gasteiger partial charge in [0.1, 0.15) is 0 Å². The predicted molar refractivity (Wildman–Crippen MR) is 90.0 cm³/mol. The van der Waals surface area contributed by atoms with Crippen LogP contribution in [0.4, 0.5) is 0 Å². The Bertz CT molecular complexity index is 441. The Balaban J connectivity index is 1.63. The lowest BCUT2D eigenvalue weighted by molar-refractivity contribution is 0.218. The van der Waals surface area contributed by atoms with Gasteiger partial charge < -0.3 is 10.2 Å². The molecule has 0 bridgehead atoms. The van der Waals surface area contributed by atoms with Gasteiger partial charge in [-0.1, -0.05) is 12.8 Å². The van der Waals surface area contributed by atoms with Crippen LogP contribution in [-0.2, 0) is 6.42 Å². The van der Waals surface area contributed by atoms with Gasteiger partial charge in [0.15, 0.2) is 0 Å². The van der Waals surface area contributed by atoms with Crippen molar-refractivity contribution in [1.29, 1.82) is 0 Å². The molecular formula is C16H28N4S. The van der Waals surface area contributed by atoms with Crippen molar-refractivity contribution in [2.45, 2.75) is 50.2 Å². The summed E-state index contributed by atoms with van der Waals surface area (Å²) >= 11 is 2.08. The molecule has 0 spiro atoms. The summed E-state index contributed by atoms with van der Waals surface area (Å²) in [5.74, 6) is 2.49. The van der Waals surface area contributed by atoms with Crippen molar-refractivity contribution in [1.82, 2.24) is 20.0 Å². The summed E-state index contributed by atoms with van der Waals surface area (Å²) < 4.78 is 2.22. The molecule has 0 amide bonds. The second kappa shape index (κ2) is 7.16. The van der Waals surface area contributed by atoms with E-state index in [0.717, 1.165) is 6.42 Å². The summed E-state index contributed by atoms with van der Waals surface area (Å²) in [5, 5.41) is 8.38. The molecule has 2 heterocycles. The Hall–Kier alpha value is -0.520. The molecule has 1 aromatic rings. The third kappa shape index (κ3) is 3.63. The van der Waals surface area contributed by atoms with Gasteiger partial charge in [-0.2, -0.15) is 16.9 Å². The largest absolute Gasteiger partial charge is 0.315 e. The van der Waals surface area contributed by atoms with E-state index in [1.807, 2.05) is 0 Å². The summed E-state index contributed by atoms with van der Waals surface area (Å²) in [4.78, 5) is 2.51. The molecule has 1 aromatic heterocycles. The minimum atomic E-state index is 0.495. The van der Waals surface area contributed by atoms with Gasteiger partial charge in [-0.3, -0.25) is 4.68 Å². The predicted octanol–water partition coefficient (Wildman–Crippen LogP) is 2.18. The normalized spacial score (nSPS) is 26.3. The molecule has 1 aliphatic carbocycles. The Morgan fingerprint density at radius 2 is 2.24 bits per heavy atom. The molecule has 1 aliphatic heterocycles. The van der Waals surface area contributed by atoms with Crippen molar-refractivity contribution >= 4 is 11.8 Å². The zero-order chi connectivity index (χ0) is 14.7. The molecule has 118 valence electrons. The van der Waals surface area contributed by atoms with E-state index in [-0.39, 0.29) is 0 Å². The van der Waals surface area contributed by atoms with Crippen molar-refractivity contribution in [3.63, 3.8) is 0 Å². The van der Waals surface area contributed by atoms with Crippen LogP contribution in [0.15, 0.2) is 12.3 Å². The van der Waals surface area contributed by atoms with Gasteiger partial charge >= 0.3 is 0 Å². The van der Waals surface area contributed by atoms with Crippen molar-refractivity contribution in [3.8, 4) is 0 Å². The molecule has 1 saturated heterocycles. The standard InChI is InChI=1S/C16H28N4S/c1-17-15(16-12-21-10-9-19(16)2)11-13-7-8-20(18-13)14-5-3-4-6-14/h7-8,14-17H,3-6,9-12H2,1-2H3. The summed E-state index contributed by atoms with van der Waals surface area (Å²) in [5.41, 5.74) is 1.24. The highest BCUT2D eigenvalue weighted by Crippen LogP contribution is 2.29. The number of nitrogens with one attached hydrogen (secondary N) is 1. The monoisotopic (exact) mass is 308 g/mol. The molecule has 2 unspecified atom stereocenters. The maximum Gasteiger partial charge on any atom is 0.0640 e. The molecule has 3 rings (SSSR count). The van der Waals surface area contributed by atoms with Crippen LogP contribution in [0.1, 0.15) is 37.4 Å². The average molecular weight is 308 g/mol. The minimum absolute atomic E-state index is 0.495. The summed E-state index contributed by atoms with van der Waals surface area (Å²) in [6, 6.07) is 3.98. The van der Waals surface area contributed by atoms with Crippen molar-refractivity contribution in [2.75, 3.05) is 32.1 Å². The first kappa shape index (κ1) is 15.4. The molecule has 5 heteroatoms. The van der Waals surface area contributed by atoms with E-state index in [0.29, 0.717) is 18.1 Å². The lowest BCUT2D eigenvalue weighted by atomic mass is 10.0. The Kier molecular flexibility index (Phi) is 5.24. The molecule has 21 heavy (non-hydrogen) atoms.